The van der Waals surface area contributed by atoms with Crippen molar-refractivity contribution >= 4 is 45.3 Å². The number of benzene rings is 3. The molecule has 7 nitrogen and oxygen atoms in total. The summed E-state index contributed by atoms with van der Waals surface area (Å²) in [7, 11) is 0. The fourth-order valence-electron chi connectivity index (χ4n) is 3.10. The van der Waals surface area contributed by atoms with E-state index in [1.165, 1.54) is 28.5 Å². The van der Waals surface area contributed by atoms with Gasteiger partial charge in [-0.2, -0.15) is 5.10 Å². The van der Waals surface area contributed by atoms with E-state index in [1.54, 1.807) is 12.1 Å². The van der Waals surface area contributed by atoms with E-state index in [-0.39, 0.29) is 5.69 Å². The number of thiocarbonyl (C=S) groups is 1. The third kappa shape index (κ3) is 4.39. The van der Waals surface area contributed by atoms with Gasteiger partial charge >= 0.3 is 0 Å². The van der Waals surface area contributed by atoms with Crippen molar-refractivity contribution in [2.75, 3.05) is 10.6 Å². The zero-order valence-electron chi connectivity index (χ0n) is 15.3. The summed E-state index contributed by atoms with van der Waals surface area (Å²) in [5.74, 6) is 0.591. The van der Waals surface area contributed by atoms with Gasteiger partial charge < -0.3 is 10.6 Å². The minimum absolute atomic E-state index is 0.00262. The lowest BCUT2D eigenvalue weighted by atomic mass is 10.0. The second-order valence-corrected chi connectivity index (χ2v) is 6.83. The van der Waals surface area contributed by atoms with Gasteiger partial charge in [0.05, 0.1) is 11.5 Å². The molecule has 0 saturated heterocycles. The summed E-state index contributed by atoms with van der Waals surface area (Å²) in [5.41, 5.74) is 1.71. The number of nitro groups is 1. The Morgan fingerprint density at radius 2 is 1.83 bits per heavy atom. The highest BCUT2D eigenvalue weighted by Gasteiger charge is 2.08. The van der Waals surface area contributed by atoms with Gasteiger partial charge in [-0.15, -0.1) is 0 Å². The predicted molar refractivity (Wildman–Crippen MR) is 118 cm³/mol. The fourth-order valence-corrected chi connectivity index (χ4v) is 3.32. The average Bonchev–Trinajstić information content (AvgIpc) is 3.15. The van der Waals surface area contributed by atoms with Crippen molar-refractivity contribution in [3.05, 3.63) is 94.7 Å². The maximum atomic E-state index is 10.9. The lowest BCUT2D eigenvalue weighted by Gasteiger charge is -2.09. The van der Waals surface area contributed by atoms with Crippen LogP contribution >= 0.6 is 12.2 Å². The first kappa shape index (κ1) is 18.6. The van der Waals surface area contributed by atoms with E-state index >= 15 is 0 Å². The average molecular weight is 403 g/mol. The van der Waals surface area contributed by atoms with Crippen molar-refractivity contribution in [2.24, 2.45) is 0 Å². The molecular formula is C21H17N5O2S. The summed E-state index contributed by atoms with van der Waals surface area (Å²) < 4.78 is 1.83. The second kappa shape index (κ2) is 8.07. The number of aromatic nitrogens is 2. The van der Waals surface area contributed by atoms with Crippen LogP contribution < -0.4 is 10.6 Å². The van der Waals surface area contributed by atoms with Gasteiger partial charge in [-0.25, -0.2) is 0 Å². The Kier molecular flexibility index (Phi) is 5.17. The smallest absolute Gasteiger partial charge is 0.271 e. The van der Waals surface area contributed by atoms with Crippen LogP contribution in [0.2, 0.25) is 0 Å². The third-order valence-electron chi connectivity index (χ3n) is 4.41. The number of hydrogen-bond acceptors (Lipinski definition) is 4. The van der Waals surface area contributed by atoms with Crippen molar-refractivity contribution < 1.29 is 4.92 Å². The topological polar surface area (TPSA) is 85.0 Å². The molecule has 2 N–H and O–H groups in total. The largest absolute Gasteiger partial charge is 0.332 e. The zero-order chi connectivity index (χ0) is 20.2. The SMILES string of the molecule is O=[N+]([O-])c1cccc(NC(=S)Nc2ccn(Cc3cccc4ccccc34)n2)c1. The monoisotopic (exact) mass is 403 g/mol. The van der Waals surface area contributed by atoms with Gasteiger partial charge in [0, 0.05) is 30.1 Å². The Bertz CT molecular complexity index is 1200. The minimum Gasteiger partial charge on any atom is -0.332 e. The van der Waals surface area contributed by atoms with Crippen LogP contribution in [0.3, 0.4) is 0 Å². The molecule has 0 aliphatic carbocycles. The Morgan fingerprint density at radius 3 is 2.69 bits per heavy atom. The number of nitro benzene ring substituents is 1. The van der Waals surface area contributed by atoms with E-state index in [9.17, 15) is 10.1 Å². The van der Waals surface area contributed by atoms with Gasteiger partial charge in [-0.1, -0.05) is 48.5 Å². The highest BCUT2D eigenvalue weighted by Crippen LogP contribution is 2.20. The molecule has 29 heavy (non-hydrogen) atoms. The molecular weight excluding hydrogens is 386 g/mol. The van der Waals surface area contributed by atoms with Crippen molar-refractivity contribution in [1.82, 2.24) is 9.78 Å². The van der Waals surface area contributed by atoms with E-state index in [2.05, 4.69) is 40.0 Å². The van der Waals surface area contributed by atoms with Crippen LogP contribution in [0.5, 0.6) is 0 Å². The normalized spacial score (nSPS) is 10.6. The van der Waals surface area contributed by atoms with Gasteiger partial charge in [0.2, 0.25) is 0 Å². The van der Waals surface area contributed by atoms with Gasteiger partial charge in [0.15, 0.2) is 10.9 Å². The van der Waals surface area contributed by atoms with Gasteiger partial charge in [0.1, 0.15) is 0 Å². The number of anilines is 2. The summed E-state index contributed by atoms with van der Waals surface area (Å²) in [6, 6.07) is 22.4. The van der Waals surface area contributed by atoms with Crippen molar-refractivity contribution in [3.63, 3.8) is 0 Å². The molecule has 0 amide bonds. The van der Waals surface area contributed by atoms with Crippen molar-refractivity contribution in [1.29, 1.82) is 0 Å². The molecule has 4 rings (SSSR count). The van der Waals surface area contributed by atoms with Crippen molar-refractivity contribution in [3.8, 4) is 0 Å². The van der Waals surface area contributed by atoms with Gasteiger partial charge in [0.25, 0.3) is 5.69 Å². The van der Waals surface area contributed by atoms with Crippen LogP contribution in [0.15, 0.2) is 79.0 Å². The highest BCUT2D eigenvalue weighted by molar-refractivity contribution is 7.80. The molecule has 144 valence electrons. The first-order valence-corrected chi connectivity index (χ1v) is 9.32. The summed E-state index contributed by atoms with van der Waals surface area (Å²) in [5, 5.41) is 24.0. The van der Waals surface area contributed by atoms with Crippen LogP contribution in [-0.2, 0) is 6.54 Å². The summed E-state index contributed by atoms with van der Waals surface area (Å²) >= 11 is 5.29. The number of nitrogens with one attached hydrogen (secondary N) is 2. The van der Waals surface area contributed by atoms with E-state index < -0.39 is 4.92 Å². The maximum absolute atomic E-state index is 10.9. The molecule has 0 bridgehead atoms. The molecule has 0 spiro atoms. The van der Waals surface area contributed by atoms with Crippen LogP contribution in [-0.4, -0.2) is 19.8 Å². The molecule has 1 aromatic heterocycles. The third-order valence-corrected chi connectivity index (χ3v) is 4.61. The molecule has 0 unspecified atom stereocenters. The standard InChI is InChI=1S/C21H17N5O2S/c27-26(28)18-9-4-8-17(13-18)22-21(29)23-20-11-12-25(24-20)14-16-7-3-6-15-5-1-2-10-19(15)16/h1-13H,14H2,(H2,22,23,24,29). The molecule has 3 aromatic carbocycles. The number of nitrogens with zero attached hydrogens (tertiary/aromatic N) is 3. The van der Waals surface area contributed by atoms with Crippen molar-refractivity contribution in [2.45, 2.75) is 6.54 Å². The molecule has 0 aliphatic rings. The van der Waals surface area contributed by atoms with Crippen LogP contribution in [0.1, 0.15) is 5.56 Å². The molecule has 0 radical (unpaired) electrons. The summed E-state index contributed by atoms with van der Waals surface area (Å²) in [4.78, 5) is 10.4. The Hall–Kier alpha value is -3.78. The van der Waals surface area contributed by atoms with E-state index in [1.807, 2.05) is 35.1 Å². The summed E-state index contributed by atoms with van der Waals surface area (Å²) in [6.45, 7) is 0.633. The molecule has 0 atom stereocenters. The van der Waals surface area contributed by atoms with Gasteiger partial charge in [-0.05, 0) is 34.6 Å². The molecule has 1 heterocycles. The fraction of sp³-hybridized carbons (Fsp3) is 0.0476. The lowest BCUT2D eigenvalue weighted by molar-refractivity contribution is -0.384. The number of non-ortho nitro benzene ring substituents is 1. The predicted octanol–water partition coefficient (Wildman–Crippen LogP) is 4.80. The second-order valence-electron chi connectivity index (χ2n) is 6.42. The molecule has 4 aromatic rings. The lowest BCUT2D eigenvalue weighted by Crippen LogP contribution is -2.19. The minimum atomic E-state index is -0.448. The van der Waals surface area contributed by atoms with Crippen LogP contribution in [0, 0.1) is 10.1 Å². The molecule has 8 heteroatoms. The first-order valence-electron chi connectivity index (χ1n) is 8.91. The number of hydrogen-bond donors (Lipinski definition) is 2. The molecule has 0 fully saturated rings. The number of rotatable bonds is 5. The van der Waals surface area contributed by atoms with Crippen LogP contribution in [0.4, 0.5) is 17.2 Å². The molecule has 0 aliphatic heterocycles. The van der Waals surface area contributed by atoms with Gasteiger partial charge in [-0.3, -0.25) is 14.8 Å². The molecule has 0 saturated carbocycles. The quantitative estimate of drug-likeness (QED) is 0.283. The Balaban J connectivity index is 1.43. The maximum Gasteiger partial charge on any atom is 0.271 e. The van der Waals surface area contributed by atoms with E-state index in [4.69, 9.17) is 12.2 Å². The van der Waals surface area contributed by atoms with E-state index in [0.29, 0.717) is 23.2 Å². The van der Waals surface area contributed by atoms with E-state index in [0.717, 1.165) is 0 Å². The summed E-state index contributed by atoms with van der Waals surface area (Å²) in [6.07, 6.45) is 1.88. The zero-order valence-corrected chi connectivity index (χ0v) is 16.1. The Labute approximate surface area is 172 Å². The Morgan fingerprint density at radius 1 is 1.03 bits per heavy atom. The first-order chi connectivity index (χ1) is 14.1. The number of fused-ring (bicyclic) bond motifs is 1. The highest BCUT2D eigenvalue weighted by atomic mass is 32.1. The van der Waals surface area contributed by atoms with Crippen LogP contribution in [0.25, 0.3) is 10.8 Å².